The Bertz CT molecular complexity index is 529. The summed E-state index contributed by atoms with van der Waals surface area (Å²) in [6.07, 6.45) is -0.644. The Balaban J connectivity index is 2.98. The van der Waals surface area contributed by atoms with Gasteiger partial charge in [0.1, 0.15) is 0 Å². The van der Waals surface area contributed by atoms with Crippen LogP contribution in [-0.2, 0) is 18.3 Å². The Morgan fingerprint density at radius 2 is 1.90 bits per heavy atom. The first-order chi connectivity index (χ1) is 9.77. The third kappa shape index (κ3) is 7.26. The summed E-state index contributed by atoms with van der Waals surface area (Å²) in [6, 6.07) is 5.30. The Morgan fingerprint density at radius 3 is 2.43 bits per heavy atom. The number of ether oxygens (including phenoxy) is 2. The van der Waals surface area contributed by atoms with E-state index >= 15 is 0 Å². The molecule has 0 aliphatic rings. The Morgan fingerprint density at radius 1 is 1.24 bits per heavy atom. The van der Waals surface area contributed by atoms with Gasteiger partial charge in [-0.1, -0.05) is 0 Å². The van der Waals surface area contributed by atoms with Gasteiger partial charge in [-0.15, -0.1) is 0 Å². The molecule has 1 amide bonds. The number of halogens is 2. The molecule has 7 heteroatoms. The summed E-state index contributed by atoms with van der Waals surface area (Å²) >= 11 is -2.00. The fourth-order valence-electron chi connectivity index (χ4n) is 1.51. The molecule has 0 spiro atoms. The minimum absolute atomic E-state index is 0.0353. The molecule has 0 aromatic heterocycles. The standard InChI is InChI=1S/C14H19NO3.2ClH.Ru/c1-9(2)17-13-7-6-12(8-11(13)5)15-14(16)18-10(3)4;;;/h5-10H,1-4H3,(H,15,16);2*1H;/q;;;+2/p-2. The van der Waals surface area contributed by atoms with E-state index in [1.807, 2.05) is 13.8 Å². The van der Waals surface area contributed by atoms with Crippen LogP contribution < -0.4 is 10.1 Å². The molecular weight excluding hydrogens is 402 g/mol. The number of hydrogen-bond acceptors (Lipinski definition) is 3. The molecule has 1 aromatic carbocycles. The van der Waals surface area contributed by atoms with Crippen LogP contribution in [0.5, 0.6) is 5.75 Å². The van der Waals surface area contributed by atoms with Crippen LogP contribution in [0.4, 0.5) is 10.5 Å². The van der Waals surface area contributed by atoms with Crippen molar-refractivity contribution in [2.75, 3.05) is 5.32 Å². The van der Waals surface area contributed by atoms with Crippen LogP contribution in [0.25, 0.3) is 0 Å². The number of nitrogens with one attached hydrogen (secondary N) is 1. The average molecular weight is 421 g/mol. The van der Waals surface area contributed by atoms with Crippen LogP contribution in [0, 0.1) is 0 Å². The van der Waals surface area contributed by atoms with E-state index in [2.05, 4.69) is 5.32 Å². The molecule has 4 nitrogen and oxygen atoms in total. The van der Waals surface area contributed by atoms with Crippen molar-refractivity contribution in [1.82, 2.24) is 0 Å². The number of carbonyl (C=O) groups is 1. The quantitative estimate of drug-likeness (QED) is 0.712. The number of carbonyl (C=O) groups excluding carboxylic acids is 1. The first-order valence-electron chi connectivity index (χ1n) is 6.39. The fraction of sp³-hybridized carbons (Fsp3) is 0.429. The zero-order chi connectivity index (χ0) is 16.0. The molecule has 0 fully saturated rings. The van der Waals surface area contributed by atoms with E-state index in [1.54, 1.807) is 36.7 Å². The second-order valence-corrected chi connectivity index (χ2v) is 10.5. The molecular formula is C14H19Cl2NO3Ru. The zero-order valence-electron chi connectivity index (χ0n) is 12.3. The van der Waals surface area contributed by atoms with Gasteiger partial charge in [-0.05, 0) is 0 Å². The Kier molecular flexibility index (Phi) is 7.65. The van der Waals surface area contributed by atoms with E-state index in [1.165, 1.54) is 0 Å². The summed E-state index contributed by atoms with van der Waals surface area (Å²) in [4.78, 5) is 11.6. The van der Waals surface area contributed by atoms with Crippen molar-refractivity contribution in [3.63, 3.8) is 0 Å². The second-order valence-electron chi connectivity index (χ2n) is 4.81. The van der Waals surface area contributed by atoms with Gasteiger partial charge in [-0.2, -0.15) is 0 Å². The van der Waals surface area contributed by atoms with Crippen molar-refractivity contribution in [2.45, 2.75) is 39.9 Å². The molecule has 1 aromatic rings. The normalized spacial score (nSPS) is 11.3. The predicted octanol–water partition coefficient (Wildman–Crippen LogP) is 4.51. The Hall–Kier alpha value is -0.637. The molecule has 1 N–H and O–H groups in total. The van der Waals surface area contributed by atoms with Gasteiger partial charge in [0.2, 0.25) is 0 Å². The second kappa shape index (κ2) is 8.72. The number of rotatable bonds is 5. The van der Waals surface area contributed by atoms with E-state index in [4.69, 9.17) is 28.9 Å². The van der Waals surface area contributed by atoms with Crippen LogP contribution in [0.15, 0.2) is 18.2 Å². The van der Waals surface area contributed by atoms with Gasteiger partial charge in [-0.25, -0.2) is 0 Å². The molecule has 0 unspecified atom stereocenters. The molecule has 0 saturated heterocycles. The van der Waals surface area contributed by atoms with E-state index in [-0.39, 0.29) is 12.2 Å². The van der Waals surface area contributed by atoms with Crippen LogP contribution in [-0.4, -0.2) is 22.9 Å². The Labute approximate surface area is 138 Å². The van der Waals surface area contributed by atoms with Crippen LogP contribution in [0.2, 0.25) is 0 Å². The van der Waals surface area contributed by atoms with Gasteiger partial charge >= 0.3 is 138 Å². The summed E-state index contributed by atoms with van der Waals surface area (Å²) < 4.78 is 12.5. The molecule has 0 heterocycles. The van der Waals surface area contributed by atoms with Gasteiger partial charge < -0.3 is 0 Å². The molecule has 0 saturated carbocycles. The number of hydrogen-bond donors (Lipinski definition) is 1. The topological polar surface area (TPSA) is 47.6 Å². The molecule has 0 aliphatic heterocycles. The summed E-state index contributed by atoms with van der Waals surface area (Å²) in [7, 11) is 11.9. The van der Waals surface area contributed by atoms with Crippen molar-refractivity contribution in [2.24, 2.45) is 0 Å². The van der Waals surface area contributed by atoms with Gasteiger partial charge in [-0.3, -0.25) is 0 Å². The van der Waals surface area contributed by atoms with Crippen LogP contribution >= 0.6 is 19.4 Å². The van der Waals surface area contributed by atoms with Gasteiger partial charge in [0.15, 0.2) is 0 Å². The van der Waals surface area contributed by atoms with Gasteiger partial charge in [0, 0.05) is 0 Å². The minimum atomic E-state index is -2.00. The molecule has 21 heavy (non-hydrogen) atoms. The fourth-order valence-corrected chi connectivity index (χ4v) is 3.30. The first kappa shape index (κ1) is 18.4. The maximum atomic E-state index is 11.6. The van der Waals surface area contributed by atoms with Gasteiger partial charge in [0.05, 0.1) is 0 Å². The van der Waals surface area contributed by atoms with Crippen molar-refractivity contribution in [3.8, 4) is 5.75 Å². The molecule has 1 rings (SSSR count). The zero-order valence-corrected chi connectivity index (χ0v) is 15.5. The monoisotopic (exact) mass is 421 g/mol. The van der Waals surface area contributed by atoms with E-state index in [0.29, 0.717) is 11.4 Å². The maximum absolute atomic E-state index is 11.6. The summed E-state index contributed by atoms with van der Waals surface area (Å²) in [5.41, 5.74) is 1.38. The summed E-state index contributed by atoms with van der Waals surface area (Å²) in [5, 5.41) is 2.66. The van der Waals surface area contributed by atoms with Crippen molar-refractivity contribution in [3.05, 3.63) is 23.8 Å². The van der Waals surface area contributed by atoms with Crippen LogP contribution in [0.3, 0.4) is 0 Å². The van der Waals surface area contributed by atoms with E-state index in [0.717, 1.165) is 5.56 Å². The molecule has 0 atom stereocenters. The predicted molar refractivity (Wildman–Crippen MR) is 84.3 cm³/mol. The first-order valence-corrected chi connectivity index (χ1v) is 11.9. The van der Waals surface area contributed by atoms with E-state index in [9.17, 15) is 4.79 Å². The summed E-state index contributed by atoms with van der Waals surface area (Å²) in [6.45, 7) is 7.45. The van der Waals surface area contributed by atoms with Gasteiger partial charge in [0.25, 0.3) is 0 Å². The molecule has 120 valence electrons. The van der Waals surface area contributed by atoms with Crippen molar-refractivity contribution in [1.29, 1.82) is 0 Å². The number of benzene rings is 1. The molecule has 0 bridgehead atoms. The number of amides is 1. The third-order valence-corrected chi connectivity index (χ3v) is 3.98. The van der Waals surface area contributed by atoms with Crippen molar-refractivity contribution >= 4 is 35.8 Å². The average Bonchev–Trinajstić information content (AvgIpc) is 2.30. The summed E-state index contributed by atoms with van der Waals surface area (Å²) in [5.74, 6) is 0.688. The third-order valence-electron chi connectivity index (χ3n) is 2.15. The molecule has 0 radical (unpaired) electrons. The molecule has 0 aliphatic carbocycles. The van der Waals surface area contributed by atoms with Crippen LogP contribution in [0.1, 0.15) is 33.3 Å². The number of anilines is 1. The SMILES string of the molecule is CC(C)OC(=O)Nc1ccc(OC(C)C)c([CH]=[Ru]([Cl])[Cl])c1. The van der Waals surface area contributed by atoms with E-state index < -0.39 is 19.6 Å². The van der Waals surface area contributed by atoms with Crippen molar-refractivity contribution < 1.29 is 27.8 Å².